The van der Waals surface area contributed by atoms with Gasteiger partial charge in [-0.05, 0) is 18.3 Å². The Morgan fingerprint density at radius 3 is 2.94 bits per heavy atom. The number of aliphatic carboxylic acids is 1. The van der Waals surface area contributed by atoms with Crippen molar-refractivity contribution in [3.63, 3.8) is 0 Å². The van der Waals surface area contributed by atoms with E-state index >= 15 is 0 Å². The number of nitrogens with zero attached hydrogens (tertiary/aromatic N) is 3. The molecule has 0 amide bonds. The summed E-state index contributed by atoms with van der Waals surface area (Å²) in [6.45, 7) is 6.58. The van der Waals surface area contributed by atoms with Crippen molar-refractivity contribution >= 4 is 34.2 Å². The normalized spacial score (nSPS) is 24.2. The van der Waals surface area contributed by atoms with E-state index in [2.05, 4.69) is 28.9 Å². The van der Waals surface area contributed by atoms with E-state index in [1.54, 1.807) is 0 Å². The maximum Gasteiger partial charge on any atom is 0.313 e. The second-order valence-corrected chi connectivity index (χ2v) is 6.90. The first-order chi connectivity index (χ1) is 8.56. The lowest BCUT2D eigenvalue weighted by molar-refractivity contribution is -0.133. The van der Waals surface area contributed by atoms with Gasteiger partial charge in [0.05, 0.1) is 5.75 Å². The minimum absolute atomic E-state index is 0.0437. The number of rotatable bonds is 4. The van der Waals surface area contributed by atoms with E-state index in [-0.39, 0.29) is 5.75 Å². The lowest BCUT2D eigenvalue weighted by atomic mass is 9.89. The van der Waals surface area contributed by atoms with Gasteiger partial charge in [-0.2, -0.15) is 0 Å². The first kappa shape index (κ1) is 13.6. The number of anilines is 1. The molecule has 2 unspecified atom stereocenters. The van der Waals surface area contributed by atoms with Crippen LogP contribution in [0.25, 0.3) is 0 Å². The number of carbonyl (C=O) groups is 1. The van der Waals surface area contributed by atoms with Crippen LogP contribution in [-0.4, -0.2) is 40.1 Å². The van der Waals surface area contributed by atoms with Crippen molar-refractivity contribution in [1.29, 1.82) is 0 Å². The molecule has 5 nitrogen and oxygen atoms in total. The maximum absolute atomic E-state index is 10.5. The fourth-order valence-electron chi connectivity index (χ4n) is 1.95. The zero-order valence-corrected chi connectivity index (χ0v) is 12.1. The average molecular weight is 287 g/mol. The molecule has 0 aromatic carbocycles. The molecule has 100 valence electrons. The number of thioether (sulfide) groups is 1. The SMILES string of the molecule is CC1CCN(c2nnc(SCC(=O)O)s2)CC1C. The van der Waals surface area contributed by atoms with Crippen LogP contribution in [0.4, 0.5) is 5.13 Å². The molecule has 1 fully saturated rings. The maximum atomic E-state index is 10.5. The quantitative estimate of drug-likeness (QED) is 0.856. The Morgan fingerprint density at radius 2 is 2.28 bits per heavy atom. The molecular weight excluding hydrogens is 270 g/mol. The number of hydrogen-bond acceptors (Lipinski definition) is 6. The molecule has 1 aliphatic heterocycles. The zero-order chi connectivity index (χ0) is 13.1. The van der Waals surface area contributed by atoms with E-state index in [0.29, 0.717) is 5.92 Å². The lowest BCUT2D eigenvalue weighted by Crippen LogP contribution is -2.38. The van der Waals surface area contributed by atoms with Crippen LogP contribution < -0.4 is 4.90 Å². The Labute approximate surface area is 115 Å². The van der Waals surface area contributed by atoms with Crippen LogP contribution in [0.15, 0.2) is 4.34 Å². The number of carboxylic acid groups (broad SMARTS) is 1. The summed E-state index contributed by atoms with van der Waals surface area (Å²) in [6.07, 6.45) is 1.18. The fraction of sp³-hybridized carbons (Fsp3) is 0.727. The third-order valence-electron chi connectivity index (χ3n) is 3.32. The van der Waals surface area contributed by atoms with Gasteiger partial charge >= 0.3 is 5.97 Å². The molecule has 1 aromatic rings. The number of piperidine rings is 1. The molecule has 1 aliphatic rings. The van der Waals surface area contributed by atoms with E-state index in [1.165, 1.54) is 29.5 Å². The first-order valence-corrected chi connectivity index (χ1v) is 7.79. The van der Waals surface area contributed by atoms with E-state index < -0.39 is 5.97 Å². The van der Waals surface area contributed by atoms with Crippen LogP contribution in [0.2, 0.25) is 0 Å². The predicted octanol–water partition coefficient (Wildman–Crippen LogP) is 2.20. The van der Waals surface area contributed by atoms with Crippen molar-refractivity contribution in [2.75, 3.05) is 23.7 Å². The van der Waals surface area contributed by atoms with Gasteiger partial charge < -0.3 is 10.0 Å². The van der Waals surface area contributed by atoms with Crippen molar-refractivity contribution < 1.29 is 9.90 Å². The van der Waals surface area contributed by atoms with Gasteiger partial charge in [0.25, 0.3) is 0 Å². The molecule has 2 atom stereocenters. The minimum Gasteiger partial charge on any atom is -0.481 e. The van der Waals surface area contributed by atoms with Crippen molar-refractivity contribution in [1.82, 2.24) is 10.2 Å². The van der Waals surface area contributed by atoms with Gasteiger partial charge in [0.1, 0.15) is 0 Å². The van der Waals surface area contributed by atoms with E-state index in [9.17, 15) is 4.79 Å². The van der Waals surface area contributed by atoms with E-state index in [0.717, 1.165) is 28.5 Å². The summed E-state index contributed by atoms with van der Waals surface area (Å²) in [5, 5.41) is 17.7. The Balaban J connectivity index is 1.95. The van der Waals surface area contributed by atoms with E-state index in [1.807, 2.05) is 0 Å². The Hall–Kier alpha value is -0.820. The molecule has 1 N–H and O–H groups in total. The highest BCUT2D eigenvalue weighted by atomic mass is 32.2. The largest absolute Gasteiger partial charge is 0.481 e. The Bertz CT molecular complexity index is 424. The summed E-state index contributed by atoms with van der Waals surface area (Å²) in [5.74, 6) is 0.646. The third kappa shape index (κ3) is 3.35. The molecule has 0 bridgehead atoms. The van der Waals surface area contributed by atoms with Gasteiger partial charge in [0.2, 0.25) is 5.13 Å². The standard InChI is InChI=1S/C11H17N3O2S2/c1-7-3-4-14(5-8(7)2)10-12-13-11(18-10)17-6-9(15)16/h7-8H,3-6H2,1-2H3,(H,15,16). The van der Waals surface area contributed by atoms with Crippen molar-refractivity contribution in [3.8, 4) is 0 Å². The summed E-state index contributed by atoms with van der Waals surface area (Å²) in [6, 6.07) is 0. The highest BCUT2D eigenvalue weighted by molar-refractivity contribution is 8.01. The van der Waals surface area contributed by atoms with E-state index in [4.69, 9.17) is 5.11 Å². The van der Waals surface area contributed by atoms with Gasteiger partial charge in [-0.3, -0.25) is 4.79 Å². The number of carboxylic acids is 1. The highest BCUT2D eigenvalue weighted by Crippen LogP contribution is 2.32. The van der Waals surface area contributed by atoms with Gasteiger partial charge in [-0.15, -0.1) is 10.2 Å². The monoisotopic (exact) mass is 287 g/mol. The molecule has 0 spiro atoms. The van der Waals surface area contributed by atoms with Crippen molar-refractivity contribution in [2.45, 2.75) is 24.6 Å². The summed E-state index contributed by atoms with van der Waals surface area (Å²) in [5.41, 5.74) is 0. The first-order valence-electron chi connectivity index (χ1n) is 5.99. The second-order valence-electron chi connectivity index (χ2n) is 4.72. The van der Waals surface area contributed by atoms with Crippen LogP contribution in [0.1, 0.15) is 20.3 Å². The summed E-state index contributed by atoms with van der Waals surface area (Å²) in [4.78, 5) is 12.7. The lowest BCUT2D eigenvalue weighted by Gasteiger charge is -2.34. The Kier molecular flexibility index (Phi) is 4.45. The molecule has 2 heterocycles. The van der Waals surface area contributed by atoms with Crippen LogP contribution in [-0.2, 0) is 4.79 Å². The summed E-state index contributed by atoms with van der Waals surface area (Å²) in [7, 11) is 0. The fourth-order valence-corrected chi connectivity index (χ4v) is 3.54. The van der Waals surface area contributed by atoms with Crippen molar-refractivity contribution in [3.05, 3.63) is 0 Å². The Morgan fingerprint density at radius 1 is 1.50 bits per heavy atom. The molecule has 1 aromatic heterocycles. The summed E-state index contributed by atoms with van der Waals surface area (Å²) >= 11 is 2.72. The smallest absolute Gasteiger partial charge is 0.313 e. The van der Waals surface area contributed by atoms with Gasteiger partial charge in [-0.25, -0.2) is 0 Å². The number of hydrogen-bond donors (Lipinski definition) is 1. The second kappa shape index (κ2) is 5.88. The van der Waals surface area contributed by atoms with Crippen LogP contribution in [0, 0.1) is 11.8 Å². The third-order valence-corrected chi connectivity index (χ3v) is 5.42. The van der Waals surface area contributed by atoms with Gasteiger partial charge in [0, 0.05) is 13.1 Å². The minimum atomic E-state index is -0.822. The molecule has 0 radical (unpaired) electrons. The average Bonchev–Trinajstić information content (AvgIpc) is 2.79. The molecule has 1 saturated heterocycles. The zero-order valence-electron chi connectivity index (χ0n) is 10.5. The molecule has 0 aliphatic carbocycles. The van der Waals surface area contributed by atoms with Gasteiger partial charge in [0.15, 0.2) is 4.34 Å². The molecule has 7 heteroatoms. The predicted molar refractivity (Wildman–Crippen MR) is 73.4 cm³/mol. The van der Waals surface area contributed by atoms with Crippen LogP contribution >= 0.6 is 23.1 Å². The van der Waals surface area contributed by atoms with Crippen molar-refractivity contribution in [2.24, 2.45) is 11.8 Å². The highest BCUT2D eigenvalue weighted by Gasteiger charge is 2.24. The molecular formula is C11H17N3O2S2. The molecule has 18 heavy (non-hydrogen) atoms. The van der Waals surface area contributed by atoms with Crippen LogP contribution in [0.5, 0.6) is 0 Å². The molecule has 0 saturated carbocycles. The summed E-state index contributed by atoms with van der Waals surface area (Å²) < 4.78 is 0.735. The van der Waals surface area contributed by atoms with Gasteiger partial charge in [-0.1, -0.05) is 36.9 Å². The topological polar surface area (TPSA) is 66.3 Å². The molecule has 2 rings (SSSR count). The number of aromatic nitrogens is 2. The van der Waals surface area contributed by atoms with Crippen LogP contribution in [0.3, 0.4) is 0 Å².